The molecular weight excluding hydrogens is 277 g/mol. The highest BCUT2D eigenvalue weighted by Gasteiger charge is 2.31. The fourth-order valence-corrected chi connectivity index (χ4v) is 2.98. The number of phenolic OH excluding ortho intramolecular Hbond substituents is 2. The van der Waals surface area contributed by atoms with E-state index in [2.05, 4.69) is 0 Å². The van der Waals surface area contributed by atoms with Gasteiger partial charge in [0.05, 0.1) is 11.6 Å². The second-order valence-electron chi connectivity index (χ2n) is 5.53. The molecule has 1 saturated heterocycles. The smallest absolute Gasteiger partial charge is 0.258 e. The van der Waals surface area contributed by atoms with Crippen molar-refractivity contribution in [3.05, 3.63) is 53.6 Å². The molecule has 1 heterocycles. The monoisotopic (exact) mass is 293 g/mol. The van der Waals surface area contributed by atoms with Gasteiger partial charge in [-0.05, 0) is 30.5 Å². The molecule has 2 radical (unpaired) electrons. The lowest BCUT2D eigenvalue weighted by atomic mass is 9.92. The summed E-state index contributed by atoms with van der Waals surface area (Å²) >= 11 is 0. The molecule has 4 nitrogen and oxygen atoms in total. The van der Waals surface area contributed by atoms with Gasteiger partial charge in [0.25, 0.3) is 5.91 Å². The van der Waals surface area contributed by atoms with E-state index in [0.717, 1.165) is 18.4 Å². The summed E-state index contributed by atoms with van der Waals surface area (Å²) in [6.07, 6.45) is 1.78. The van der Waals surface area contributed by atoms with Crippen LogP contribution in [-0.2, 0) is 0 Å². The average molecular weight is 293 g/mol. The topological polar surface area (TPSA) is 60.8 Å². The zero-order valence-electron chi connectivity index (χ0n) is 12.1. The predicted octanol–water partition coefficient (Wildman–Crippen LogP) is 1.87. The molecule has 3 rings (SSSR count). The molecule has 0 aromatic heterocycles. The second kappa shape index (κ2) is 5.75. The van der Waals surface area contributed by atoms with E-state index in [9.17, 15) is 15.0 Å². The summed E-state index contributed by atoms with van der Waals surface area (Å²) in [5, 5.41) is 19.2. The van der Waals surface area contributed by atoms with E-state index in [-0.39, 0.29) is 29.0 Å². The molecule has 1 atom stereocenters. The quantitative estimate of drug-likeness (QED) is 0.831. The van der Waals surface area contributed by atoms with Gasteiger partial charge >= 0.3 is 0 Å². The maximum absolute atomic E-state index is 12.7. The molecule has 0 saturated carbocycles. The summed E-state index contributed by atoms with van der Waals surface area (Å²) in [4.78, 5) is 14.5. The Hall–Kier alpha value is -2.43. The largest absolute Gasteiger partial charge is 0.508 e. The minimum Gasteiger partial charge on any atom is -0.508 e. The Kier molecular flexibility index (Phi) is 3.80. The van der Waals surface area contributed by atoms with E-state index in [1.54, 1.807) is 4.90 Å². The van der Waals surface area contributed by atoms with Crippen LogP contribution in [-0.4, -0.2) is 35.4 Å². The van der Waals surface area contributed by atoms with Gasteiger partial charge in [0.2, 0.25) is 0 Å². The first-order chi connectivity index (χ1) is 10.6. The Morgan fingerprint density at radius 3 is 2.73 bits per heavy atom. The van der Waals surface area contributed by atoms with Gasteiger partial charge in [0, 0.05) is 12.6 Å². The standard InChI is InChI=1S/C17H16BNO3/c18-12-4-1-3-11(9-12)15-5-2-8-19(15)17(22)14-7-6-13(20)10-16(14)21/h1,3-4,6-7,9-10,15,20-21H,2,5,8H2. The minimum atomic E-state index is -0.234. The zero-order chi connectivity index (χ0) is 15.7. The summed E-state index contributed by atoms with van der Waals surface area (Å²) in [7, 11) is 5.83. The molecule has 1 aliphatic heterocycles. The molecule has 2 aromatic carbocycles. The molecule has 0 spiro atoms. The first-order valence-corrected chi connectivity index (χ1v) is 7.24. The number of carbonyl (C=O) groups excluding carboxylic acids is 1. The first-order valence-electron chi connectivity index (χ1n) is 7.24. The van der Waals surface area contributed by atoms with Gasteiger partial charge in [-0.25, -0.2) is 0 Å². The number of rotatable bonds is 2. The van der Waals surface area contributed by atoms with Crippen LogP contribution in [0.2, 0.25) is 0 Å². The lowest BCUT2D eigenvalue weighted by molar-refractivity contribution is 0.0732. The SMILES string of the molecule is [B]c1cccc(C2CCCN2C(=O)c2ccc(O)cc2O)c1. The number of aromatic hydroxyl groups is 2. The molecular formula is C17H16BNO3. The number of benzene rings is 2. The average Bonchev–Trinajstić information content (AvgIpc) is 2.96. The highest BCUT2D eigenvalue weighted by Crippen LogP contribution is 2.34. The third-order valence-corrected chi connectivity index (χ3v) is 4.02. The molecule has 2 aromatic rings. The first kappa shape index (κ1) is 14.5. The summed E-state index contributed by atoms with van der Waals surface area (Å²) < 4.78 is 0. The molecule has 1 fully saturated rings. The molecule has 5 heteroatoms. The molecule has 1 aliphatic rings. The molecule has 110 valence electrons. The Morgan fingerprint density at radius 1 is 1.18 bits per heavy atom. The highest BCUT2D eigenvalue weighted by atomic mass is 16.3. The van der Waals surface area contributed by atoms with Crippen molar-refractivity contribution in [2.24, 2.45) is 0 Å². The van der Waals surface area contributed by atoms with Crippen LogP contribution in [0.1, 0.15) is 34.8 Å². The van der Waals surface area contributed by atoms with Crippen molar-refractivity contribution in [2.75, 3.05) is 6.54 Å². The number of hydrogen-bond donors (Lipinski definition) is 2. The Bertz CT molecular complexity index is 717. The zero-order valence-corrected chi connectivity index (χ0v) is 12.1. The lowest BCUT2D eigenvalue weighted by Gasteiger charge is -2.26. The van der Waals surface area contributed by atoms with E-state index in [0.29, 0.717) is 12.0 Å². The van der Waals surface area contributed by atoms with Gasteiger partial charge < -0.3 is 15.1 Å². The number of hydrogen-bond acceptors (Lipinski definition) is 3. The second-order valence-corrected chi connectivity index (χ2v) is 5.53. The van der Waals surface area contributed by atoms with E-state index < -0.39 is 0 Å². The number of nitrogens with zero attached hydrogens (tertiary/aromatic N) is 1. The fourth-order valence-electron chi connectivity index (χ4n) is 2.98. The Balaban J connectivity index is 1.91. The minimum absolute atomic E-state index is 0.0378. The summed E-state index contributed by atoms with van der Waals surface area (Å²) in [6.45, 7) is 0.638. The van der Waals surface area contributed by atoms with Crippen LogP contribution >= 0.6 is 0 Å². The van der Waals surface area contributed by atoms with E-state index >= 15 is 0 Å². The third-order valence-electron chi connectivity index (χ3n) is 4.02. The van der Waals surface area contributed by atoms with Crippen molar-refractivity contribution >= 4 is 19.2 Å². The normalized spacial score (nSPS) is 17.6. The van der Waals surface area contributed by atoms with Crippen molar-refractivity contribution in [1.29, 1.82) is 0 Å². The van der Waals surface area contributed by atoms with Crippen LogP contribution in [0.15, 0.2) is 42.5 Å². The maximum Gasteiger partial charge on any atom is 0.258 e. The summed E-state index contributed by atoms with van der Waals surface area (Å²) in [5.41, 5.74) is 1.88. The van der Waals surface area contributed by atoms with Crippen LogP contribution in [0.4, 0.5) is 0 Å². The predicted molar refractivity (Wildman–Crippen MR) is 84.6 cm³/mol. The molecule has 1 unspecified atom stereocenters. The van der Waals surface area contributed by atoms with Crippen LogP contribution in [0.5, 0.6) is 11.5 Å². The summed E-state index contributed by atoms with van der Waals surface area (Å²) in [6, 6.07) is 11.5. The maximum atomic E-state index is 12.7. The molecule has 1 amide bonds. The van der Waals surface area contributed by atoms with Crippen LogP contribution in [0, 0.1) is 0 Å². The molecule has 0 aliphatic carbocycles. The van der Waals surface area contributed by atoms with Gasteiger partial charge in [0.1, 0.15) is 19.3 Å². The van der Waals surface area contributed by atoms with E-state index in [1.165, 1.54) is 18.2 Å². The molecule has 0 bridgehead atoms. The number of phenols is 2. The molecule has 2 N–H and O–H groups in total. The van der Waals surface area contributed by atoms with Gasteiger partial charge in [0.15, 0.2) is 0 Å². The van der Waals surface area contributed by atoms with Crippen LogP contribution < -0.4 is 5.46 Å². The van der Waals surface area contributed by atoms with Gasteiger partial charge in [-0.1, -0.05) is 29.7 Å². The Labute approximate surface area is 130 Å². The van der Waals surface area contributed by atoms with Gasteiger partial charge in [-0.15, -0.1) is 0 Å². The number of amides is 1. The van der Waals surface area contributed by atoms with Crippen molar-refractivity contribution < 1.29 is 15.0 Å². The summed E-state index contributed by atoms with van der Waals surface area (Å²) in [5.74, 6) is -0.506. The number of carbonyl (C=O) groups is 1. The van der Waals surface area contributed by atoms with Crippen LogP contribution in [0.25, 0.3) is 0 Å². The van der Waals surface area contributed by atoms with Crippen LogP contribution in [0.3, 0.4) is 0 Å². The van der Waals surface area contributed by atoms with Crippen molar-refractivity contribution in [3.8, 4) is 11.5 Å². The fraction of sp³-hybridized carbons (Fsp3) is 0.235. The Morgan fingerprint density at radius 2 is 2.00 bits per heavy atom. The van der Waals surface area contributed by atoms with Crippen molar-refractivity contribution in [3.63, 3.8) is 0 Å². The lowest BCUT2D eigenvalue weighted by Crippen LogP contribution is -2.31. The van der Waals surface area contributed by atoms with Gasteiger partial charge in [-0.2, -0.15) is 0 Å². The molecule has 22 heavy (non-hydrogen) atoms. The third kappa shape index (κ3) is 2.66. The highest BCUT2D eigenvalue weighted by molar-refractivity contribution is 6.32. The van der Waals surface area contributed by atoms with Crippen molar-refractivity contribution in [2.45, 2.75) is 18.9 Å². The van der Waals surface area contributed by atoms with Crippen molar-refractivity contribution in [1.82, 2.24) is 4.90 Å². The number of likely N-dealkylation sites (tertiary alicyclic amines) is 1. The van der Waals surface area contributed by atoms with Gasteiger partial charge in [-0.3, -0.25) is 4.79 Å². The van der Waals surface area contributed by atoms with E-state index in [4.69, 9.17) is 7.85 Å². The van der Waals surface area contributed by atoms with E-state index in [1.807, 2.05) is 24.3 Å².